The molecule has 0 aliphatic carbocycles. The van der Waals surface area contributed by atoms with Gasteiger partial charge in [0.15, 0.2) is 0 Å². The Morgan fingerprint density at radius 2 is 1.89 bits per heavy atom. The summed E-state index contributed by atoms with van der Waals surface area (Å²) in [5.74, 6) is -1.36. The first kappa shape index (κ1) is 13.4. The molecular weight excluding hydrogens is 264 g/mol. The van der Waals surface area contributed by atoms with E-state index in [-0.39, 0.29) is 11.1 Å². The predicted octanol–water partition coefficient (Wildman–Crippen LogP) is 2.85. The molecule has 2 aromatic rings. The fraction of sp³-hybridized carbons (Fsp3) is 0.250. The minimum absolute atomic E-state index is 0.0353. The van der Waals surface area contributed by atoms with E-state index in [0.717, 1.165) is 10.7 Å². The van der Waals surface area contributed by atoms with Crippen LogP contribution in [0.1, 0.15) is 11.3 Å². The fourth-order valence-electron chi connectivity index (χ4n) is 1.92. The smallest absolute Gasteiger partial charge is 0.300 e. The largest absolute Gasteiger partial charge is 0.419 e. The highest BCUT2D eigenvalue weighted by atomic mass is 19.4. The van der Waals surface area contributed by atoms with Crippen molar-refractivity contribution in [2.24, 2.45) is 7.05 Å². The van der Waals surface area contributed by atoms with E-state index in [1.54, 1.807) is 6.92 Å². The molecule has 0 amide bonds. The van der Waals surface area contributed by atoms with Crippen LogP contribution in [0.15, 0.2) is 23.0 Å². The maximum absolute atomic E-state index is 13.2. The highest BCUT2D eigenvalue weighted by molar-refractivity contribution is 5.66. The molecule has 1 heterocycles. The molecule has 0 bridgehead atoms. The van der Waals surface area contributed by atoms with E-state index in [4.69, 9.17) is 0 Å². The Morgan fingerprint density at radius 3 is 2.37 bits per heavy atom. The molecule has 0 fully saturated rings. The molecule has 0 saturated heterocycles. The summed E-state index contributed by atoms with van der Waals surface area (Å²) in [7, 11) is 1.45. The van der Waals surface area contributed by atoms with Crippen LogP contribution in [0, 0.1) is 12.7 Å². The van der Waals surface area contributed by atoms with Gasteiger partial charge in [0, 0.05) is 12.7 Å². The molecule has 2 rings (SSSR count). The molecule has 102 valence electrons. The van der Waals surface area contributed by atoms with Crippen LogP contribution in [-0.2, 0) is 13.2 Å². The topological polar surface area (TPSA) is 37.8 Å². The number of benzene rings is 1. The number of rotatable bonds is 1. The van der Waals surface area contributed by atoms with Gasteiger partial charge in [-0.25, -0.2) is 4.39 Å². The molecule has 0 aliphatic rings. The second-order valence-corrected chi connectivity index (χ2v) is 4.17. The maximum Gasteiger partial charge on any atom is 0.419 e. The van der Waals surface area contributed by atoms with E-state index in [9.17, 15) is 22.4 Å². The lowest BCUT2D eigenvalue weighted by Crippen LogP contribution is -2.14. The van der Waals surface area contributed by atoms with Gasteiger partial charge in [0.1, 0.15) is 5.82 Å². The van der Waals surface area contributed by atoms with Crippen molar-refractivity contribution in [3.05, 3.63) is 45.6 Å². The molecule has 1 aromatic carbocycles. The first-order chi connectivity index (χ1) is 8.71. The predicted molar refractivity (Wildman–Crippen MR) is 61.2 cm³/mol. The molecular formula is C12H10F4N2O. The minimum atomic E-state index is -4.80. The summed E-state index contributed by atoms with van der Waals surface area (Å²) in [6.45, 7) is 1.56. The number of halogens is 4. The van der Waals surface area contributed by atoms with Gasteiger partial charge in [0.2, 0.25) is 0 Å². The molecule has 0 unspecified atom stereocenters. The van der Waals surface area contributed by atoms with Crippen LogP contribution in [0.5, 0.6) is 0 Å². The summed E-state index contributed by atoms with van der Waals surface area (Å²) in [4.78, 5) is 11.8. The van der Waals surface area contributed by atoms with Crippen LogP contribution in [0.25, 0.3) is 11.1 Å². The third kappa shape index (κ3) is 2.27. The summed E-state index contributed by atoms with van der Waals surface area (Å²) in [6.07, 6.45) is -4.80. The molecule has 0 saturated carbocycles. The van der Waals surface area contributed by atoms with Gasteiger partial charge in [-0.2, -0.15) is 13.2 Å². The van der Waals surface area contributed by atoms with Gasteiger partial charge in [-0.05, 0) is 24.6 Å². The van der Waals surface area contributed by atoms with Crippen molar-refractivity contribution in [2.75, 3.05) is 0 Å². The number of aromatic nitrogens is 2. The van der Waals surface area contributed by atoms with Crippen molar-refractivity contribution in [1.29, 1.82) is 0 Å². The van der Waals surface area contributed by atoms with Crippen LogP contribution in [0.4, 0.5) is 17.6 Å². The summed E-state index contributed by atoms with van der Waals surface area (Å²) >= 11 is 0. The zero-order valence-corrected chi connectivity index (χ0v) is 10.1. The lowest BCUT2D eigenvalue weighted by molar-refractivity contribution is -0.139. The number of nitrogens with zero attached hydrogens (tertiary/aromatic N) is 1. The van der Waals surface area contributed by atoms with Crippen molar-refractivity contribution in [3.63, 3.8) is 0 Å². The van der Waals surface area contributed by atoms with E-state index in [2.05, 4.69) is 5.10 Å². The second-order valence-electron chi connectivity index (χ2n) is 4.17. The van der Waals surface area contributed by atoms with E-state index in [0.29, 0.717) is 17.8 Å². The molecule has 0 radical (unpaired) electrons. The normalized spacial score (nSPS) is 11.9. The number of aryl methyl sites for hydroxylation is 2. The number of hydrogen-bond donors (Lipinski definition) is 1. The van der Waals surface area contributed by atoms with Crippen LogP contribution in [-0.4, -0.2) is 9.78 Å². The molecule has 0 spiro atoms. The van der Waals surface area contributed by atoms with Crippen LogP contribution < -0.4 is 5.56 Å². The van der Waals surface area contributed by atoms with Gasteiger partial charge >= 0.3 is 6.18 Å². The van der Waals surface area contributed by atoms with Gasteiger partial charge in [0.25, 0.3) is 5.56 Å². The Bertz CT molecular complexity index is 682. The highest BCUT2D eigenvalue weighted by Gasteiger charge is 2.34. The molecule has 1 aromatic heterocycles. The molecule has 0 atom stereocenters. The molecule has 19 heavy (non-hydrogen) atoms. The van der Waals surface area contributed by atoms with E-state index in [1.165, 1.54) is 7.05 Å². The SMILES string of the molecule is Cc1[nH]n(C)c(=O)c1-c1ccc(F)c(C(F)(F)F)c1. The zero-order chi connectivity index (χ0) is 14.4. The lowest BCUT2D eigenvalue weighted by atomic mass is 10.0. The van der Waals surface area contributed by atoms with Crippen LogP contribution >= 0.6 is 0 Å². The number of hydrogen-bond acceptors (Lipinski definition) is 1. The monoisotopic (exact) mass is 274 g/mol. The number of aromatic amines is 1. The second kappa shape index (κ2) is 4.25. The summed E-state index contributed by atoms with van der Waals surface area (Å²) in [5.41, 5.74) is -1.28. The Kier molecular flexibility index (Phi) is 3.00. The van der Waals surface area contributed by atoms with Gasteiger partial charge < -0.3 is 0 Å². The maximum atomic E-state index is 13.2. The van der Waals surface area contributed by atoms with Crippen molar-refractivity contribution >= 4 is 0 Å². The summed E-state index contributed by atoms with van der Waals surface area (Å²) in [6, 6.07) is 2.51. The fourth-order valence-corrected chi connectivity index (χ4v) is 1.92. The Balaban J connectivity index is 2.68. The van der Waals surface area contributed by atoms with Crippen LogP contribution in [0.2, 0.25) is 0 Å². The van der Waals surface area contributed by atoms with Crippen molar-refractivity contribution in [3.8, 4) is 11.1 Å². The Labute approximate surface area is 105 Å². The molecule has 1 N–H and O–H groups in total. The quantitative estimate of drug-likeness (QED) is 0.798. The van der Waals surface area contributed by atoms with Crippen molar-refractivity contribution < 1.29 is 17.6 Å². The van der Waals surface area contributed by atoms with E-state index >= 15 is 0 Å². The minimum Gasteiger partial charge on any atom is -0.300 e. The Hall–Kier alpha value is -2.05. The third-order valence-corrected chi connectivity index (χ3v) is 2.79. The van der Waals surface area contributed by atoms with E-state index < -0.39 is 23.1 Å². The van der Waals surface area contributed by atoms with Gasteiger partial charge in [-0.3, -0.25) is 14.6 Å². The number of nitrogens with one attached hydrogen (secondary N) is 1. The van der Waals surface area contributed by atoms with Crippen molar-refractivity contribution in [2.45, 2.75) is 13.1 Å². The standard InChI is InChI=1S/C12H10F4N2O/c1-6-10(11(19)18(2)17-6)7-3-4-9(13)8(5-7)12(14,15)16/h3-5,17H,1-2H3. The first-order valence-electron chi connectivity index (χ1n) is 5.34. The summed E-state index contributed by atoms with van der Waals surface area (Å²) < 4.78 is 52.2. The average Bonchev–Trinajstić information content (AvgIpc) is 2.53. The summed E-state index contributed by atoms with van der Waals surface area (Å²) in [5, 5.41) is 2.68. The Morgan fingerprint density at radius 1 is 1.26 bits per heavy atom. The lowest BCUT2D eigenvalue weighted by Gasteiger charge is -2.09. The third-order valence-electron chi connectivity index (χ3n) is 2.79. The van der Waals surface area contributed by atoms with Crippen molar-refractivity contribution in [1.82, 2.24) is 9.78 Å². The number of H-pyrrole nitrogens is 1. The first-order valence-corrected chi connectivity index (χ1v) is 5.34. The van der Waals surface area contributed by atoms with Gasteiger partial charge in [0.05, 0.1) is 11.1 Å². The highest BCUT2D eigenvalue weighted by Crippen LogP contribution is 2.34. The van der Waals surface area contributed by atoms with Gasteiger partial charge in [-0.15, -0.1) is 0 Å². The molecule has 0 aliphatic heterocycles. The zero-order valence-electron chi connectivity index (χ0n) is 10.1. The molecule has 7 heteroatoms. The van der Waals surface area contributed by atoms with Gasteiger partial charge in [-0.1, -0.05) is 6.07 Å². The van der Waals surface area contributed by atoms with E-state index in [1.807, 2.05) is 0 Å². The van der Waals surface area contributed by atoms with Crippen LogP contribution in [0.3, 0.4) is 0 Å². The molecule has 3 nitrogen and oxygen atoms in total. The average molecular weight is 274 g/mol. The number of alkyl halides is 3.